The molecule has 7 heteroatoms. The highest BCUT2D eigenvalue weighted by Gasteiger charge is 2.26. The van der Waals surface area contributed by atoms with Crippen LogP contribution in [0.15, 0.2) is 24.3 Å². The SMILES string of the molecule is O=C(Nc1cccc(C2SCCS2)c1)NC1CCC(C(=O)O)CC1. The maximum absolute atomic E-state index is 12.2. The lowest BCUT2D eigenvalue weighted by Gasteiger charge is -2.26. The second kappa shape index (κ2) is 8.16. The number of urea groups is 1. The monoisotopic (exact) mass is 366 g/mol. The standard InChI is InChI=1S/C17H22N2O3S2/c20-15(21)11-4-6-13(7-5-11)18-17(22)19-14-3-1-2-12(10-14)16-23-8-9-24-16/h1-3,10-11,13,16H,4-9H2,(H,20,21)(H2,18,19,22). The van der Waals surface area contributed by atoms with Crippen LogP contribution < -0.4 is 10.6 Å². The van der Waals surface area contributed by atoms with Gasteiger partial charge >= 0.3 is 12.0 Å². The molecular weight excluding hydrogens is 344 g/mol. The predicted octanol–water partition coefficient (Wildman–Crippen LogP) is 3.93. The van der Waals surface area contributed by atoms with Crippen LogP contribution in [0.3, 0.4) is 0 Å². The summed E-state index contributed by atoms with van der Waals surface area (Å²) in [6.07, 6.45) is 2.71. The van der Waals surface area contributed by atoms with E-state index in [0.717, 1.165) is 18.5 Å². The molecule has 0 radical (unpaired) electrons. The van der Waals surface area contributed by atoms with Crippen molar-refractivity contribution in [3.05, 3.63) is 29.8 Å². The molecule has 1 saturated carbocycles. The lowest BCUT2D eigenvalue weighted by Crippen LogP contribution is -2.40. The van der Waals surface area contributed by atoms with Crippen molar-refractivity contribution >= 4 is 41.2 Å². The van der Waals surface area contributed by atoms with Crippen LogP contribution in [0.1, 0.15) is 35.8 Å². The highest BCUT2D eigenvalue weighted by atomic mass is 32.2. The summed E-state index contributed by atoms with van der Waals surface area (Å²) in [4.78, 5) is 23.1. The normalized spacial score (nSPS) is 24.5. The van der Waals surface area contributed by atoms with Crippen molar-refractivity contribution in [3.63, 3.8) is 0 Å². The van der Waals surface area contributed by atoms with E-state index < -0.39 is 5.97 Å². The van der Waals surface area contributed by atoms with Crippen LogP contribution in [-0.4, -0.2) is 34.7 Å². The third-order valence-electron chi connectivity index (χ3n) is 4.45. The van der Waals surface area contributed by atoms with Gasteiger partial charge in [-0.25, -0.2) is 4.79 Å². The molecule has 1 heterocycles. The van der Waals surface area contributed by atoms with Gasteiger partial charge in [0.25, 0.3) is 0 Å². The first-order chi connectivity index (χ1) is 11.6. The summed E-state index contributed by atoms with van der Waals surface area (Å²) in [6.45, 7) is 0. The lowest BCUT2D eigenvalue weighted by atomic mass is 9.86. The molecule has 1 aromatic rings. The van der Waals surface area contributed by atoms with E-state index in [1.54, 1.807) is 0 Å². The van der Waals surface area contributed by atoms with E-state index in [4.69, 9.17) is 5.11 Å². The summed E-state index contributed by atoms with van der Waals surface area (Å²) in [5.41, 5.74) is 2.04. The Morgan fingerprint density at radius 3 is 2.46 bits per heavy atom. The summed E-state index contributed by atoms with van der Waals surface area (Å²) >= 11 is 3.88. The molecule has 3 N–H and O–H groups in total. The quantitative estimate of drug-likeness (QED) is 0.752. The van der Waals surface area contributed by atoms with Crippen LogP contribution in [0.4, 0.5) is 10.5 Å². The van der Waals surface area contributed by atoms with Crippen LogP contribution >= 0.6 is 23.5 Å². The van der Waals surface area contributed by atoms with Crippen LogP contribution in [0, 0.1) is 5.92 Å². The molecule has 0 unspecified atom stereocenters. The molecule has 0 spiro atoms. The fourth-order valence-electron chi connectivity index (χ4n) is 3.15. The molecule has 24 heavy (non-hydrogen) atoms. The zero-order valence-electron chi connectivity index (χ0n) is 13.4. The van der Waals surface area contributed by atoms with E-state index in [1.165, 1.54) is 17.1 Å². The number of hydrogen-bond acceptors (Lipinski definition) is 4. The fraction of sp³-hybridized carbons (Fsp3) is 0.529. The first-order valence-electron chi connectivity index (χ1n) is 8.25. The maximum Gasteiger partial charge on any atom is 0.319 e. The Balaban J connectivity index is 1.50. The minimum atomic E-state index is -0.725. The molecular formula is C17H22N2O3S2. The largest absolute Gasteiger partial charge is 0.481 e. The third-order valence-corrected chi connectivity index (χ3v) is 7.55. The zero-order valence-corrected chi connectivity index (χ0v) is 15.0. The number of aliphatic carboxylic acids is 1. The predicted molar refractivity (Wildman–Crippen MR) is 99.6 cm³/mol. The van der Waals surface area contributed by atoms with Gasteiger partial charge in [0.05, 0.1) is 10.5 Å². The van der Waals surface area contributed by atoms with Crippen LogP contribution in [0.25, 0.3) is 0 Å². The maximum atomic E-state index is 12.2. The van der Waals surface area contributed by atoms with Gasteiger partial charge in [0.15, 0.2) is 0 Å². The number of carbonyl (C=O) groups is 2. The number of anilines is 1. The Labute approximate surface area is 150 Å². The van der Waals surface area contributed by atoms with Gasteiger partial charge in [0.2, 0.25) is 0 Å². The second-order valence-electron chi connectivity index (χ2n) is 6.18. The minimum Gasteiger partial charge on any atom is -0.481 e. The molecule has 1 aromatic carbocycles. The Morgan fingerprint density at radius 2 is 1.79 bits per heavy atom. The van der Waals surface area contributed by atoms with Crippen LogP contribution in [0.2, 0.25) is 0 Å². The van der Waals surface area contributed by atoms with Gasteiger partial charge in [-0.2, -0.15) is 0 Å². The van der Waals surface area contributed by atoms with Gasteiger partial charge in [0.1, 0.15) is 0 Å². The van der Waals surface area contributed by atoms with E-state index in [-0.39, 0.29) is 18.0 Å². The Hall–Kier alpha value is -1.34. The number of carbonyl (C=O) groups excluding carboxylic acids is 1. The average Bonchev–Trinajstić information content (AvgIpc) is 3.10. The molecule has 1 aliphatic carbocycles. The fourth-order valence-corrected chi connectivity index (χ4v) is 5.99. The molecule has 2 fully saturated rings. The Morgan fingerprint density at radius 1 is 1.08 bits per heavy atom. The van der Waals surface area contributed by atoms with Gasteiger partial charge in [-0.1, -0.05) is 12.1 Å². The highest BCUT2D eigenvalue weighted by molar-refractivity contribution is 8.19. The number of amides is 2. The minimum absolute atomic E-state index is 0.0599. The number of thioether (sulfide) groups is 2. The summed E-state index contributed by atoms with van der Waals surface area (Å²) in [7, 11) is 0. The number of hydrogen-bond donors (Lipinski definition) is 3. The smallest absolute Gasteiger partial charge is 0.319 e. The Kier molecular flexibility index (Phi) is 5.94. The number of benzene rings is 1. The zero-order chi connectivity index (χ0) is 16.9. The molecule has 130 valence electrons. The van der Waals surface area contributed by atoms with Gasteiger partial charge in [0, 0.05) is 23.2 Å². The van der Waals surface area contributed by atoms with Crippen molar-refractivity contribution in [1.29, 1.82) is 0 Å². The Bertz CT molecular complexity index is 597. The molecule has 1 saturated heterocycles. The molecule has 3 rings (SSSR count). The summed E-state index contributed by atoms with van der Waals surface area (Å²) in [5.74, 6) is 1.36. The van der Waals surface area contributed by atoms with Gasteiger partial charge in [-0.15, -0.1) is 23.5 Å². The second-order valence-corrected chi connectivity index (χ2v) is 8.91. The van der Waals surface area contributed by atoms with Gasteiger partial charge in [-0.3, -0.25) is 4.79 Å². The summed E-state index contributed by atoms with van der Waals surface area (Å²) in [5, 5.41) is 14.9. The van der Waals surface area contributed by atoms with E-state index >= 15 is 0 Å². The molecule has 0 aromatic heterocycles. The van der Waals surface area contributed by atoms with E-state index in [9.17, 15) is 9.59 Å². The topological polar surface area (TPSA) is 78.4 Å². The van der Waals surface area contributed by atoms with Crippen molar-refractivity contribution in [1.82, 2.24) is 5.32 Å². The molecule has 2 aliphatic rings. The number of nitrogens with one attached hydrogen (secondary N) is 2. The number of carboxylic acid groups (broad SMARTS) is 1. The molecule has 0 bridgehead atoms. The average molecular weight is 367 g/mol. The summed E-state index contributed by atoms with van der Waals surface area (Å²) in [6, 6.07) is 7.86. The molecule has 5 nitrogen and oxygen atoms in total. The molecule has 2 amide bonds. The van der Waals surface area contributed by atoms with Crippen LogP contribution in [0.5, 0.6) is 0 Å². The van der Waals surface area contributed by atoms with Crippen molar-refractivity contribution < 1.29 is 14.7 Å². The van der Waals surface area contributed by atoms with Crippen LogP contribution in [-0.2, 0) is 4.79 Å². The van der Waals surface area contributed by atoms with E-state index in [2.05, 4.69) is 16.7 Å². The van der Waals surface area contributed by atoms with Gasteiger partial charge < -0.3 is 15.7 Å². The summed E-state index contributed by atoms with van der Waals surface area (Å²) < 4.78 is 0.459. The molecule has 1 aliphatic heterocycles. The van der Waals surface area contributed by atoms with Crippen molar-refractivity contribution in [2.24, 2.45) is 5.92 Å². The van der Waals surface area contributed by atoms with E-state index in [1.807, 2.05) is 41.7 Å². The molecule has 0 atom stereocenters. The first-order valence-corrected chi connectivity index (χ1v) is 10.3. The van der Waals surface area contributed by atoms with Gasteiger partial charge in [-0.05, 0) is 43.4 Å². The van der Waals surface area contributed by atoms with E-state index in [0.29, 0.717) is 17.4 Å². The number of rotatable bonds is 4. The number of carboxylic acids is 1. The third kappa shape index (κ3) is 4.60. The van der Waals surface area contributed by atoms with Crippen molar-refractivity contribution in [2.45, 2.75) is 36.3 Å². The van der Waals surface area contributed by atoms with Crippen molar-refractivity contribution in [2.75, 3.05) is 16.8 Å². The first kappa shape index (κ1) is 17.5. The highest BCUT2D eigenvalue weighted by Crippen LogP contribution is 2.45. The van der Waals surface area contributed by atoms with Crippen molar-refractivity contribution in [3.8, 4) is 0 Å². The lowest BCUT2D eigenvalue weighted by molar-refractivity contribution is -0.142.